The zero-order valence-corrected chi connectivity index (χ0v) is 13.9. The quantitative estimate of drug-likeness (QED) is 0.766. The van der Waals surface area contributed by atoms with E-state index in [4.69, 9.17) is 21.2 Å². The summed E-state index contributed by atoms with van der Waals surface area (Å²) in [5.41, 5.74) is 7.43. The number of hydrogen-bond donors (Lipinski definition) is 3. The first-order valence-corrected chi connectivity index (χ1v) is 7.97. The molecule has 2 aromatic rings. The number of rotatable bonds is 3. The van der Waals surface area contributed by atoms with Crippen LogP contribution in [0.15, 0.2) is 54.6 Å². The van der Waals surface area contributed by atoms with Crippen molar-refractivity contribution in [1.29, 1.82) is 5.26 Å². The van der Waals surface area contributed by atoms with Crippen molar-refractivity contribution in [2.45, 2.75) is 18.6 Å². The van der Waals surface area contributed by atoms with Gasteiger partial charge in [-0.15, -0.1) is 0 Å². The number of aliphatic hydroxyl groups is 1. The highest BCUT2D eigenvalue weighted by molar-refractivity contribution is 5.99. The topological polar surface area (TPSA) is 128 Å². The Kier molecular flexibility index (Phi) is 6.44. The van der Waals surface area contributed by atoms with Gasteiger partial charge in [0.25, 0.3) is 0 Å². The lowest BCUT2D eigenvalue weighted by Crippen LogP contribution is -2.33. The summed E-state index contributed by atoms with van der Waals surface area (Å²) in [6, 6.07) is 16.9. The van der Waals surface area contributed by atoms with E-state index in [-0.39, 0.29) is 11.9 Å². The molecule has 1 unspecified atom stereocenters. The van der Waals surface area contributed by atoms with Gasteiger partial charge in [0.15, 0.2) is 6.10 Å². The minimum absolute atomic E-state index is 0.0419. The van der Waals surface area contributed by atoms with Crippen molar-refractivity contribution in [3.05, 3.63) is 65.7 Å². The molecular weight excluding hydrogens is 334 g/mol. The second-order valence-corrected chi connectivity index (χ2v) is 5.70. The molecule has 7 nitrogen and oxygen atoms in total. The lowest BCUT2D eigenvalue weighted by atomic mass is 10.1. The molecule has 134 valence electrons. The molecule has 1 amide bonds. The monoisotopic (exact) mass is 353 g/mol. The first kappa shape index (κ1) is 19.1. The summed E-state index contributed by atoms with van der Waals surface area (Å²) in [6.45, 7) is 0.659. The molecular formula is C19H19N3O4. The first-order chi connectivity index (χ1) is 12.4. The van der Waals surface area contributed by atoms with Crippen LogP contribution in [-0.4, -0.2) is 34.7 Å². The van der Waals surface area contributed by atoms with E-state index in [9.17, 15) is 9.59 Å². The first-order valence-electron chi connectivity index (χ1n) is 7.97. The van der Waals surface area contributed by atoms with Crippen LogP contribution in [0, 0.1) is 11.3 Å². The molecule has 7 heteroatoms. The maximum atomic E-state index is 11.6. The molecule has 0 saturated carbocycles. The van der Waals surface area contributed by atoms with Gasteiger partial charge in [0, 0.05) is 12.2 Å². The van der Waals surface area contributed by atoms with Gasteiger partial charge in [-0.05, 0) is 36.2 Å². The summed E-state index contributed by atoms with van der Waals surface area (Å²) in [5, 5.41) is 26.0. The van der Waals surface area contributed by atoms with Gasteiger partial charge in [-0.3, -0.25) is 4.79 Å². The van der Waals surface area contributed by atoms with Crippen molar-refractivity contribution in [3.8, 4) is 6.07 Å². The molecule has 1 aliphatic rings. The predicted molar refractivity (Wildman–Crippen MR) is 95.1 cm³/mol. The number of carbonyl (C=O) groups is 2. The average Bonchev–Trinajstić information content (AvgIpc) is 3.01. The van der Waals surface area contributed by atoms with E-state index in [0.717, 1.165) is 5.69 Å². The van der Waals surface area contributed by atoms with Crippen molar-refractivity contribution in [2.75, 3.05) is 11.4 Å². The van der Waals surface area contributed by atoms with E-state index >= 15 is 0 Å². The zero-order valence-electron chi connectivity index (χ0n) is 13.9. The Morgan fingerprint density at radius 2 is 1.81 bits per heavy atom. The summed E-state index contributed by atoms with van der Waals surface area (Å²) in [5.74, 6) is -1.27. The summed E-state index contributed by atoms with van der Waals surface area (Å²) in [6.07, 6.45) is -0.713. The fraction of sp³-hybridized carbons (Fsp3) is 0.211. The molecule has 0 aliphatic carbocycles. The minimum atomic E-state index is -1.41. The maximum absolute atomic E-state index is 11.6. The van der Waals surface area contributed by atoms with Crippen molar-refractivity contribution in [1.82, 2.24) is 0 Å². The van der Waals surface area contributed by atoms with Gasteiger partial charge in [0.05, 0.1) is 17.7 Å². The highest BCUT2D eigenvalue weighted by atomic mass is 16.4. The van der Waals surface area contributed by atoms with Gasteiger partial charge in [-0.1, -0.05) is 30.3 Å². The van der Waals surface area contributed by atoms with Crippen LogP contribution in [-0.2, 0) is 9.59 Å². The molecule has 26 heavy (non-hydrogen) atoms. The number of anilines is 1. The Hall–Kier alpha value is -3.21. The molecule has 1 heterocycles. The molecule has 1 aliphatic heterocycles. The number of nitrogens with two attached hydrogens (primary N) is 1. The van der Waals surface area contributed by atoms with E-state index in [1.165, 1.54) is 0 Å². The number of nitriles is 1. The SMILES string of the molecule is N#Cc1ccc(N2CCC(N)C2=O)cc1.O=C(O)[C@H](O)c1ccccc1. The third-order valence-electron chi connectivity index (χ3n) is 3.90. The average molecular weight is 353 g/mol. The van der Waals surface area contributed by atoms with Gasteiger partial charge in [-0.2, -0.15) is 5.26 Å². The van der Waals surface area contributed by atoms with Gasteiger partial charge in [-0.25, -0.2) is 4.79 Å². The van der Waals surface area contributed by atoms with E-state index in [1.54, 1.807) is 59.5 Å². The number of carboxylic acid groups (broad SMARTS) is 1. The number of amides is 1. The number of carboxylic acids is 1. The summed E-state index contributed by atoms with van der Waals surface area (Å²) < 4.78 is 0. The second kappa shape index (κ2) is 8.76. The molecule has 4 N–H and O–H groups in total. The molecule has 0 aromatic heterocycles. The Labute approximate surface area is 150 Å². The lowest BCUT2D eigenvalue weighted by molar-refractivity contribution is -0.146. The summed E-state index contributed by atoms with van der Waals surface area (Å²) >= 11 is 0. The van der Waals surface area contributed by atoms with Gasteiger partial charge < -0.3 is 20.8 Å². The van der Waals surface area contributed by atoms with Crippen LogP contribution in [0.2, 0.25) is 0 Å². The van der Waals surface area contributed by atoms with Crippen LogP contribution < -0.4 is 10.6 Å². The van der Waals surface area contributed by atoms with Crippen LogP contribution in [0.4, 0.5) is 5.69 Å². The van der Waals surface area contributed by atoms with Gasteiger partial charge in [0.2, 0.25) is 5.91 Å². The fourth-order valence-corrected chi connectivity index (χ4v) is 2.45. The minimum Gasteiger partial charge on any atom is -0.479 e. The van der Waals surface area contributed by atoms with E-state index in [0.29, 0.717) is 24.1 Å². The smallest absolute Gasteiger partial charge is 0.337 e. The molecule has 2 atom stereocenters. The third kappa shape index (κ3) is 4.66. The molecule has 1 fully saturated rings. The highest BCUT2D eigenvalue weighted by Crippen LogP contribution is 2.20. The number of nitrogens with zero attached hydrogens (tertiary/aromatic N) is 2. The highest BCUT2D eigenvalue weighted by Gasteiger charge is 2.29. The number of carbonyl (C=O) groups excluding carboxylic acids is 1. The number of aliphatic hydroxyl groups excluding tert-OH is 1. The lowest BCUT2D eigenvalue weighted by Gasteiger charge is -2.15. The normalized spacial score (nSPS) is 17.0. The van der Waals surface area contributed by atoms with Crippen LogP contribution in [0.25, 0.3) is 0 Å². The standard InChI is InChI=1S/C11H11N3O.C8H8O3/c12-7-8-1-3-9(4-2-8)14-6-5-10(13)11(14)15;9-7(8(10)11)6-4-2-1-3-5-6/h1-4,10H,5-6,13H2;1-5,7,9H,(H,10,11)/t;7-/m.1/s1. The third-order valence-corrected chi connectivity index (χ3v) is 3.90. The predicted octanol–water partition coefficient (Wildman–Crippen LogP) is 1.43. The van der Waals surface area contributed by atoms with Crippen LogP contribution >= 0.6 is 0 Å². The summed E-state index contributed by atoms with van der Waals surface area (Å²) in [7, 11) is 0. The Morgan fingerprint density at radius 3 is 2.27 bits per heavy atom. The Balaban J connectivity index is 0.000000197. The van der Waals surface area contributed by atoms with Gasteiger partial charge in [0.1, 0.15) is 0 Å². The van der Waals surface area contributed by atoms with Gasteiger partial charge >= 0.3 is 5.97 Å². The molecule has 0 radical (unpaired) electrons. The van der Waals surface area contributed by atoms with E-state index in [1.807, 2.05) is 6.07 Å². The van der Waals surface area contributed by atoms with Crippen molar-refractivity contribution in [3.63, 3.8) is 0 Å². The zero-order chi connectivity index (χ0) is 19.1. The van der Waals surface area contributed by atoms with Crippen molar-refractivity contribution < 1.29 is 19.8 Å². The van der Waals surface area contributed by atoms with E-state index < -0.39 is 12.1 Å². The fourth-order valence-electron chi connectivity index (χ4n) is 2.45. The van der Waals surface area contributed by atoms with Crippen molar-refractivity contribution in [2.24, 2.45) is 5.73 Å². The van der Waals surface area contributed by atoms with E-state index in [2.05, 4.69) is 0 Å². The van der Waals surface area contributed by atoms with Crippen LogP contribution in [0.3, 0.4) is 0 Å². The molecule has 2 aromatic carbocycles. The van der Waals surface area contributed by atoms with Crippen LogP contribution in [0.1, 0.15) is 23.7 Å². The number of benzene rings is 2. The molecule has 3 rings (SSSR count). The van der Waals surface area contributed by atoms with Crippen LogP contribution in [0.5, 0.6) is 0 Å². The Morgan fingerprint density at radius 1 is 1.19 bits per heavy atom. The Bertz CT molecular complexity index is 800. The number of aliphatic carboxylic acids is 1. The number of hydrogen-bond acceptors (Lipinski definition) is 5. The second-order valence-electron chi connectivity index (χ2n) is 5.70. The molecule has 1 saturated heterocycles. The largest absolute Gasteiger partial charge is 0.479 e. The molecule has 0 bridgehead atoms. The maximum Gasteiger partial charge on any atom is 0.337 e. The molecule has 0 spiro atoms. The summed E-state index contributed by atoms with van der Waals surface area (Å²) in [4.78, 5) is 23.5. The van der Waals surface area contributed by atoms with Crippen molar-refractivity contribution >= 4 is 17.6 Å².